The van der Waals surface area contributed by atoms with Crippen molar-refractivity contribution in [2.45, 2.75) is 24.1 Å². The second-order valence-corrected chi connectivity index (χ2v) is 5.80. The van der Waals surface area contributed by atoms with Gasteiger partial charge in [-0.15, -0.1) is 0 Å². The third kappa shape index (κ3) is 5.20. The molecule has 0 fully saturated rings. The smallest absolute Gasteiger partial charge is 0.430 e. The highest BCUT2D eigenvalue weighted by molar-refractivity contribution is 7.86. The molecule has 25 heavy (non-hydrogen) atoms. The number of esters is 2. The molecule has 0 aliphatic carbocycles. The van der Waals surface area contributed by atoms with E-state index in [4.69, 9.17) is 4.55 Å². The first kappa shape index (κ1) is 22.9. The standard InChI is InChI=1S/C11H11F5O8S/c1-4-22-8(18)10(11(14,15)16,24-7(17)6(2)3)23-5-9(12,13)25(19,20)21/h4H,1-2,5H2,3H3,(H,19,20,21). The molecule has 0 bridgehead atoms. The second kappa shape index (κ2) is 7.45. The fraction of sp³-hybridized carbons (Fsp3) is 0.455. The molecule has 0 aromatic heterocycles. The first-order valence-electron chi connectivity index (χ1n) is 5.78. The zero-order valence-electron chi connectivity index (χ0n) is 12.3. The Morgan fingerprint density at radius 2 is 1.68 bits per heavy atom. The van der Waals surface area contributed by atoms with Crippen LogP contribution in [0.25, 0.3) is 0 Å². The largest absolute Gasteiger partial charge is 0.468 e. The SMILES string of the molecule is C=COC(=O)C(OCC(F)(F)S(=O)(=O)O)(OC(=O)C(=C)C)C(F)(F)F. The van der Waals surface area contributed by atoms with E-state index in [-0.39, 0.29) is 6.26 Å². The molecule has 0 aliphatic rings. The number of rotatable bonds is 8. The minimum absolute atomic E-state index is 0.141. The van der Waals surface area contributed by atoms with Gasteiger partial charge in [-0.2, -0.15) is 30.4 Å². The van der Waals surface area contributed by atoms with Gasteiger partial charge in [0.15, 0.2) is 0 Å². The Bertz CT molecular complexity index is 668. The van der Waals surface area contributed by atoms with Crippen LogP contribution in [-0.2, 0) is 33.9 Å². The van der Waals surface area contributed by atoms with Crippen LogP contribution in [0.15, 0.2) is 25.0 Å². The van der Waals surface area contributed by atoms with Crippen LogP contribution in [0.3, 0.4) is 0 Å². The molecule has 0 aliphatic heterocycles. The maximum Gasteiger partial charge on any atom is 0.468 e. The van der Waals surface area contributed by atoms with Crippen LogP contribution in [-0.4, -0.2) is 48.7 Å². The van der Waals surface area contributed by atoms with Gasteiger partial charge < -0.3 is 14.2 Å². The summed E-state index contributed by atoms with van der Waals surface area (Å²) in [5, 5.41) is -5.27. The molecule has 0 saturated heterocycles. The van der Waals surface area contributed by atoms with Crippen molar-refractivity contribution in [3.63, 3.8) is 0 Å². The molecule has 0 amide bonds. The Balaban J connectivity index is 6.10. The van der Waals surface area contributed by atoms with Crippen molar-refractivity contribution in [3.8, 4) is 0 Å². The van der Waals surface area contributed by atoms with Crippen molar-refractivity contribution in [3.05, 3.63) is 25.0 Å². The zero-order chi connectivity index (χ0) is 20.3. The molecule has 1 N–H and O–H groups in total. The minimum Gasteiger partial charge on any atom is -0.430 e. The minimum atomic E-state index is -6.21. The predicted octanol–water partition coefficient (Wildman–Crippen LogP) is 1.55. The van der Waals surface area contributed by atoms with Crippen LogP contribution < -0.4 is 0 Å². The number of hydrogen-bond donors (Lipinski definition) is 1. The summed E-state index contributed by atoms with van der Waals surface area (Å²) >= 11 is 0. The molecule has 8 nitrogen and oxygen atoms in total. The van der Waals surface area contributed by atoms with Gasteiger partial charge in [0.05, 0.1) is 6.26 Å². The molecule has 0 aromatic rings. The number of ether oxygens (including phenoxy) is 3. The topological polar surface area (TPSA) is 116 Å². The molecule has 1 unspecified atom stereocenters. The lowest BCUT2D eigenvalue weighted by Gasteiger charge is -2.32. The normalized spacial score (nSPS) is 15.0. The van der Waals surface area contributed by atoms with E-state index in [2.05, 4.69) is 27.4 Å². The lowest BCUT2D eigenvalue weighted by atomic mass is 10.2. The van der Waals surface area contributed by atoms with E-state index < -0.39 is 51.5 Å². The first-order valence-corrected chi connectivity index (χ1v) is 7.22. The molecule has 0 rings (SSSR count). The summed E-state index contributed by atoms with van der Waals surface area (Å²) in [6, 6.07) is 0. The zero-order valence-corrected chi connectivity index (χ0v) is 13.1. The van der Waals surface area contributed by atoms with Crippen LogP contribution in [0.4, 0.5) is 22.0 Å². The van der Waals surface area contributed by atoms with E-state index in [9.17, 15) is 40.0 Å². The summed E-state index contributed by atoms with van der Waals surface area (Å²) in [4.78, 5) is 22.9. The molecule has 0 spiro atoms. The lowest BCUT2D eigenvalue weighted by Crippen LogP contribution is -2.59. The lowest BCUT2D eigenvalue weighted by molar-refractivity contribution is -0.358. The molecule has 14 heteroatoms. The third-order valence-electron chi connectivity index (χ3n) is 2.24. The highest BCUT2D eigenvalue weighted by atomic mass is 32.2. The molecule has 1 atom stereocenters. The van der Waals surface area contributed by atoms with E-state index in [1.54, 1.807) is 0 Å². The molecule has 0 saturated carbocycles. The summed E-state index contributed by atoms with van der Waals surface area (Å²) in [6.07, 6.45) is -5.85. The second-order valence-electron chi connectivity index (χ2n) is 4.26. The predicted molar refractivity (Wildman–Crippen MR) is 68.4 cm³/mol. The Kier molecular flexibility index (Phi) is 6.83. The summed E-state index contributed by atoms with van der Waals surface area (Å²) < 4.78 is 106. The number of carbonyl (C=O) groups excluding carboxylic acids is 2. The van der Waals surface area contributed by atoms with Crippen molar-refractivity contribution in [2.75, 3.05) is 6.61 Å². The molecular formula is C11H11F5O8S. The number of carbonyl (C=O) groups is 2. The van der Waals surface area contributed by atoms with Gasteiger partial charge in [0.2, 0.25) is 0 Å². The number of halogens is 5. The average molecular weight is 398 g/mol. The third-order valence-corrected chi connectivity index (χ3v) is 3.11. The van der Waals surface area contributed by atoms with Crippen molar-refractivity contribution < 1.29 is 58.7 Å². The monoisotopic (exact) mass is 398 g/mol. The van der Waals surface area contributed by atoms with Gasteiger partial charge in [-0.1, -0.05) is 13.2 Å². The van der Waals surface area contributed by atoms with Crippen LogP contribution in [0.1, 0.15) is 6.92 Å². The Morgan fingerprint density at radius 3 is 2.00 bits per heavy atom. The van der Waals surface area contributed by atoms with Gasteiger partial charge in [0.25, 0.3) is 0 Å². The van der Waals surface area contributed by atoms with Gasteiger partial charge >= 0.3 is 39.3 Å². The Labute approximate surface area is 137 Å². The summed E-state index contributed by atoms with van der Waals surface area (Å²) in [5.74, 6) is -9.23. The molecule has 144 valence electrons. The van der Waals surface area contributed by atoms with Crippen molar-refractivity contribution >= 4 is 22.1 Å². The molecule has 0 radical (unpaired) electrons. The maximum atomic E-state index is 13.2. The van der Waals surface area contributed by atoms with Gasteiger partial charge in [0.1, 0.15) is 6.61 Å². The number of hydrogen-bond acceptors (Lipinski definition) is 7. The quantitative estimate of drug-likeness (QED) is 0.164. The van der Waals surface area contributed by atoms with E-state index in [1.165, 1.54) is 0 Å². The highest BCUT2D eigenvalue weighted by Crippen LogP contribution is 2.38. The average Bonchev–Trinajstić information content (AvgIpc) is 2.40. The van der Waals surface area contributed by atoms with Crippen molar-refractivity contribution in [1.82, 2.24) is 0 Å². The van der Waals surface area contributed by atoms with Gasteiger partial charge in [0, 0.05) is 5.57 Å². The Morgan fingerprint density at radius 1 is 1.20 bits per heavy atom. The Hall–Kier alpha value is -2.06. The van der Waals surface area contributed by atoms with Crippen LogP contribution in [0.5, 0.6) is 0 Å². The fourth-order valence-electron chi connectivity index (χ4n) is 1.02. The first-order chi connectivity index (χ1) is 11.0. The van der Waals surface area contributed by atoms with Crippen molar-refractivity contribution in [2.24, 2.45) is 0 Å². The molecular weight excluding hydrogens is 387 g/mol. The van der Waals surface area contributed by atoms with Crippen LogP contribution in [0.2, 0.25) is 0 Å². The fourth-order valence-corrected chi connectivity index (χ4v) is 1.22. The van der Waals surface area contributed by atoms with Crippen LogP contribution >= 0.6 is 0 Å². The van der Waals surface area contributed by atoms with E-state index in [1.807, 2.05) is 0 Å². The summed E-state index contributed by atoms with van der Waals surface area (Å²) in [5.41, 5.74) is -0.690. The van der Waals surface area contributed by atoms with E-state index in [0.29, 0.717) is 0 Å². The molecule has 0 aromatic carbocycles. The van der Waals surface area contributed by atoms with Gasteiger partial charge in [-0.05, 0) is 6.92 Å². The molecule has 0 heterocycles. The van der Waals surface area contributed by atoms with Gasteiger partial charge in [-0.25, -0.2) is 9.59 Å². The highest BCUT2D eigenvalue weighted by Gasteiger charge is 2.69. The number of alkyl halides is 5. The van der Waals surface area contributed by atoms with Crippen LogP contribution in [0, 0.1) is 0 Å². The van der Waals surface area contributed by atoms with Crippen molar-refractivity contribution in [1.29, 1.82) is 0 Å². The summed E-state index contributed by atoms with van der Waals surface area (Å²) in [6.45, 7) is 3.82. The maximum absolute atomic E-state index is 13.2. The van der Waals surface area contributed by atoms with Gasteiger partial charge in [-0.3, -0.25) is 4.55 Å². The van der Waals surface area contributed by atoms with E-state index in [0.717, 1.165) is 6.92 Å². The van der Waals surface area contributed by atoms with E-state index >= 15 is 0 Å². The summed E-state index contributed by atoms with van der Waals surface area (Å²) in [7, 11) is -6.21.